The standard InChI is InChI=1S/C24H24N4O3S/c1-16-7-9-19(10-8-16)32(30,31)28-12-11-20-22(23(25)29)21(14-26-24(20)28)18-6-4-5-17(13-18)15-27(2)3/h4-14H,15H2,1-3H3,(H2,25,29). The molecule has 32 heavy (non-hydrogen) atoms. The average Bonchev–Trinajstić information content (AvgIpc) is 3.18. The van der Waals surface area contributed by atoms with Crippen LogP contribution in [0.15, 0.2) is 71.9 Å². The van der Waals surface area contributed by atoms with Crippen molar-refractivity contribution >= 4 is 27.0 Å². The number of amides is 1. The van der Waals surface area contributed by atoms with Crippen molar-refractivity contribution in [2.24, 2.45) is 5.73 Å². The van der Waals surface area contributed by atoms with Crippen LogP contribution in [-0.4, -0.2) is 42.3 Å². The molecule has 0 saturated heterocycles. The number of benzene rings is 2. The second kappa shape index (κ2) is 8.22. The van der Waals surface area contributed by atoms with Crippen LogP contribution >= 0.6 is 0 Å². The molecule has 1 amide bonds. The summed E-state index contributed by atoms with van der Waals surface area (Å²) >= 11 is 0. The Balaban J connectivity index is 1.89. The van der Waals surface area contributed by atoms with Gasteiger partial charge in [-0.1, -0.05) is 35.9 Å². The van der Waals surface area contributed by atoms with E-state index in [4.69, 9.17) is 5.73 Å². The summed E-state index contributed by atoms with van der Waals surface area (Å²) in [5.41, 5.74) is 9.54. The molecule has 0 unspecified atom stereocenters. The van der Waals surface area contributed by atoms with Crippen LogP contribution in [0.25, 0.3) is 22.2 Å². The van der Waals surface area contributed by atoms with Gasteiger partial charge in [0, 0.05) is 29.9 Å². The van der Waals surface area contributed by atoms with Crippen LogP contribution in [0.5, 0.6) is 0 Å². The molecule has 0 aliphatic carbocycles. The maximum atomic E-state index is 13.2. The Labute approximate surface area is 187 Å². The summed E-state index contributed by atoms with van der Waals surface area (Å²) in [4.78, 5) is 19.1. The van der Waals surface area contributed by atoms with Crippen molar-refractivity contribution < 1.29 is 13.2 Å². The lowest BCUT2D eigenvalue weighted by atomic mass is 9.97. The molecule has 8 heteroatoms. The Kier molecular flexibility index (Phi) is 5.58. The van der Waals surface area contributed by atoms with E-state index in [2.05, 4.69) is 4.98 Å². The summed E-state index contributed by atoms with van der Waals surface area (Å²) in [6, 6.07) is 15.9. The Bertz CT molecular complexity index is 1420. The predicted molar refractivity (Wildman–Crippen MR) is 125 cm³/mol. The van der Waals surface area contributed by atoms with E-state index in [-0.39, 0.29) is 16.1 Å². The van der Waals surface area contributed by atoms with Gasteiger partial charge >= 0.3 is 0 Å². The lowest BCUT2D eigenvalue weighted by molar-refractivity contribution is 0.100. The number of nitrogens with zero attached hydrogens (tertiary/aromatic N) is 3. The second-order valence-corrected chi connectivity index (χ2v) is 9.83. The SMILES string of the molecule is Cc1ccc(S(=O)(=O)n2ccc3c(C(N)=O)c(-c4cccc(CN(C)C)c4)cnc32)cc1. The van der Waals surface area contributed by atoms with Gasteiger partial charge in [0.05, 0.1) is 10.5 Å². The molecule has 4 rings (SSSR count). The maximum absolute atomic E-state index is 13.2. The van der Waals surface area contributed by atoms with Gasteiger partial charge in [0.2, 0.25) is 5.91 Å². The van der Waals surface area contributed by atoms with Gasteiger partial charge in [-0.15, -0.1) is 0 Å². The number of nitrogens with two attached hydrogens (primary N) is 1. The zero-order valence-electron chi connectivity index (χ0n) is 18.1. The predicted octanol–water partition coefficient (Wildman–Crippen LogP) is 3.41. The number of hydrogen-bond acceptors (Lipinski definition) is 5. The van der Waals surface area contributed by atoms with E-state index in [1.54, 1.807) is 30.3 Å². The third-order valence-corrected chi connectivity index (χ3v) is 6.92. The third-order valence-electron chi connectivity index (χ3n) is 5.24. The molecule has 164 valence electrons. The minimum atomic E-state index is -3.88. The molecule has 2 aromatic carbocycles. The fraction of sp³-hybridized carbons (Fsp3) is 0.167. The van der Waals surface area contributed by atoms with E-state index < -0.39 is 15.9 Å². The van der Waals surface area contributed by atoms with Gasteiger partial charge in [-0.3, -0.25) is 4.79 Å². The van der Waals surface area contributed by atoms with Crippen LogP contribution in [0.2, 0.25) is 0 Å². The molecule has 7 nitrogen and oxygen atoms in total. The number of rotatable bonds is 6. The van der Waals surface area contributed by atoms with Gasteiger partial charge < -0.3 is 10.6 Å². The molecule has 0 bridgehead atoms. The zero-order valence-corrected chi connectivity index (χ0v) is 18.9. The number of primary amides is 1. The molecule has 2 N–H and O–H groups in total. The van der Waals surface area contributed by atoms with Crippen LogP contribution in [0, 0.1) is 6.92 Å². The van der Waals surface area contributed by atoms with Crippen molar-refractivity contribution in [2.75, 3.05) is 14.1 Å². The molecule has 0 radical (unpaired) electrons. The van der Waals surface area contributed by atoms with Crippen molar-refractivity contribution in [3.05, 3.63) is 83.7 Å². The first kappa shape index (κ1) is 21.7. The number of pyridine rings is 1. The highest BCUT2D eigenvalue weighted by Crippen LogP contribution is 2.31. The molecule has 2 aromatic heterocycles. The number of fused-ring (bicyclic) bond motifs is 1. The van der Waals surface area contributed by atoms with Gasteiger partial charge in [0.15, 0.2) is 5.65 Å². The molecule has 0 fully saturated rings. The highest BCUT2D eigenvalue weighted by atomic mass is 32.2. The summed E-state index contributed by atoms with van der Waals surface area (Å²) in [7, 11) is 0.0744. The Morgan fingerprint density at radius 2 is 1.81 bits per heavy atom. The highest BCUT2D eigenvalue weighted by Gasteiger charge is 2.23. The number of carbonyl (C=O) groups excluding carboxylic acids is 1. The first-order valence-corrected chi connectivity index (χ1v) is 11.5. The van der Waals surface area contributed by atoms with Crippen molar-refractivity contribution in [3.63, 3.8) is 0 Å². The van der Waals surface area contributed by atoms with E-state index >= 15 is 0 Å². The molecule has 0 spiro atoms. The largest absolute Gasteiger partial charge is 0.366 e. The second-order valence-electron chi connectivity index (χ2n) is 8.02. The lowest BCUT2D eigenvalue weighted by Crippen LogP contribution is -2.15. The van der Waals surface area contributed by atoms with E-state index in [0.29, 0.717) is 10.9 Å². The fourth-order valence-electron chi connectivity index (χ4n) is 3.77. The molecular formula is C24H24N4O3S. The minimum Gasteiger partial charge on any atom is -0.366 e. The van der Waals surface area contributed by atoms with E-state index in [1.165, 1.54) is 12.4 Å². The van der Waals surface area contributed by atoms with Gasteiger partial charge in [-0.25, -0.2) is 17.4 Å². The van der Waals surface area contributed by atoms with Crippen LogP contribution < -0.4 is 5.73 Å². The highest BCUT2D eigenvalue weighted by molar-refractivity contribution is 7.90. The summed E-state index contributed by atoms with van der Waals surface area (Å²) < 4.78 is 27.5. The molecule has 4 aromatic rings. The van der Waals surface area contributed by atoms with Crippen molar-refractivity contribution in [1.29, 1.82) is 0 Å². The molecule has 2 heterocycles. The van der Waals surface area contributed by atoms with Gasteiger partial charge in [0.1, 0.15) is 0 Å². The first-order chi connectivity index (χ1) is 15.2. The van der Waals surface area contributed by atoms with Crippen LogP contribution in [0.3, 0.4) is 0 Å². The van der Waals surface area contributed by atoms with Crippen LogP contribution in [0.4, 0.5) is 0 Å². The number of carbonyl (C=O) groups is 1. The molecule has 0 atom stereocenters. The Morgan fingerprint density at radius 1 is 1.09 bits per heavy atom. The van der Waals surface area contributed by atoms with Crippen LogP contribution in [0.1, 0.15) is 21.5 Å². The topological polar surface area (TPSA) is 98.3 Å². The molecule has 0 aliphatic rings. The number of hydrogen-bond donors (Lipinski definition) is 1. The molecule has 0 aliphatic heterocycles. The average molecular weight is 449 g/mol. The minimum absolute atomic E-state index is 0.142. The molecular weight excluding hydrogens is 424 g/mol. The van der Waals surface area contributed by atoms with Crippen molar-refractivity contribution in [2.45, 2.75) is 18.4 Å². The fourth-order valence-corrected chi connectivity index (χ4v) is 5.07. The summed E-state index contributed by atoms with van der Waals surface area (Å²) in [6.45, 7) is 2.62. The van der Waals surface area contributed by atoms with E-state index in [1.807, 2.05) is 50.2 Å². The van der Waals surface area contributed by atoms with Gasteiger partial charge in [-0.05, 0) is 56.4 Å². The Hall–Kier alpha value is -3.49. The normalized spacial score (nSPS) is 11.9. The van der Waals surface area contributed by atoms with E-state index in [0.717, 1.165) is 27.2 Å². The van der Waals surface area contributed by atoms with Gasteiger partial charge in [-0.2, -0.15) is 0 Å². The molecule has 0 saturated carbocycles. The van der Waals surface area contributed by atoms with Crippen molar-refractivity contribution in [3.8, 4) is 11.1 Å². The third kappa shape index (κ3) is 3.90. The number of aromatic nitrogens is 2. The smallest absolute Gasteiger partial charge is 0.269 e. The Morgan fingerprint density at radius 3 is 2.47 bits per heavy atom. The summed E-state index contributed by atoms with van der Waals surface area (Å²) in [6.07, 6.45) is 2.92. The zero-order chi connectivity index (χ0) is 23.0. The van der Waals surface area contributed by atoms with E-state index in [9.17, 15) is 13.2 Å². The monoisotopic (exact) mass is 448 g/mol. The summed E-state index contributed by atoms with van der Waals surface area (Å²) in [5.74, 6) is -0.643. The first-order valence-electron chi connectivity index (χ1n) is 10.0. The van der Waals surface area contributed by atoms with Gasteiger partial charge in [0.25, 0.3) is 10.0 Å². The lowest BCUT2D eigenvalue weighted by Gasteiger charge is -2.13. The maximum Gasteiger partial charge on any atom is 0.269 e. The quantitative estimate of drug-likeness (QED) is 0.487. The summed E-state index contributed by atoms with van der Waals surface area (Å²) in [5, 5.41) is 0.392. The van der Waals surface area contributed by atoms with Crippen LogP contribution in [-0.2, 0) is 16.6 Å². The number of aryl methyl sites for hydroxylation is 1. The van der Waals surface area contributed by atoms with Crippen molar-refractivity contribution in [1.82, 2.24) is 13.9 Å².